The van der Waals surface area contributed by atoms with Crippen LogP contribution in [0, 0.1) is 12.7 Å². The molecule has 0 unspecified atom stereocenters. The molecule has 1 aromatic carbocycles. The number of halogens is 2. The van der Waals surface area contributed by atoms with Crippen LogP contribution in [-0.4, -0.2) is 10.1 Å². The molecule has 0 aliphatic rings. The van der Waals surface area contributed by atoms with Crippen molar-refractivity contribution < 1.29 is 8.91 Å². The first-order valence-corrected chi connectivity index (χ1v) is 6.08. The molecule has 0 fully saturated rings. The van der Waals surface area contributed by atoms with Crippen molar-refractivity contribution in [2.75, 3.05) is 0 Å². The largest absolute Gasteiger partial charge is 0.339 e. The van der Waals surface area contributed by atoms with Gasteiger partial charge in [0, 0.05) is 11.4 Å². The fourth-order valence-electron chi connectivity index (χ4n) is 1.54. The summed E-state index contributed by atoms with van der Waals surface area (Å²) in [6.45, 7) is 5.70. The van der Waals surface area contributed by atoms with Gasteiger partial charge in [-0.25, -0.2) is 4.39 Å². The smallest absolute Gasteiger partial charge is 0.223 e. The Balaban J connectivity index is 2.56. The zero-order chi connectivity index (χ0) is 12.6. The Hall–Kier alpha value is -1.23. The molecule has 0 N–H and O–H groups in total. The summed E-state index contributed by atoms with van der Waals surface area (Å²) in [7, 11) is 0. The molecule has 5 heteroatoms. The average Bonchev–Trinajstić information content (AvgIpc) is 2.63. The van der Waals surface area contributed by atoms with Gasteiger partial charge in [0.05, 0.1) is 5.56 Å². The van der Waals surface area contributed by atoms with Gasteiger partial charge < -0.3 is 4.52 Å². The first-order chi connectivity index (χ1) is 7.99. The van der Waals surface area contributed by atoms with E-state index in [2.05, 4.69) is 26.1 Å². The summed E-state index contributed by atoms with van der Waals surface area (Å²) in [5.74, 6) is 0.604. The first-order valence-electron chi connectivity index (χ1n) is 5.28. The molecule has 17 heavy (non-hydrogen) atoms. The second-order valence-electron chi connectivity index (χ2n) is 4.15. The average molecular weight is 299 g/mol. The van der Waals surface area contributed by atoms with E-state index in [1.165, 1.54) is 6.07 Å². The van der Waals surface area contributed by atoms with Crippen LogP contribution < -0.4 is 0 Å². The molecular formula is C12H12BrFN2O. The number of aromatic nitrogens is 2. The lowest BCUT2D eigenvalue weighted by Gasteiger charge is -2.09. The van der Waals surface area contributed by atoms with Gasteiger partial charge in [-0.1, -0.05) is 19.0 Å². The molecule has 0 saturated carbocycles. The zero-order valence-electron chi connectivity index (χ0n) is 9.79. The predicted octanol–water partition coefficient (Wildman–Crippen LogP) is 4.07. The standard InChI is InChI=1S/C12H12BrFN2O/c1-6(2)8-4-9(13)11(10(14)5-8)12-15-7(3)17-16-12/h4-6H,1-3H3. The number of benzene rings is 1. The lowest BCUT2D eigenvalue weighted by Crippen LogP contribution is -1.94. The predicted molar refractivity (Wildman–Crippen MR) is 66.2 cm³/mol. The van der Waals surface area contributed by atoms with E-state index < -0.39 is 0 Å². The monoisotopic (exact) mass is 298 g/mol. The van der Waals surface area contributed by atoms with Gasteiger partial charge in [0.1, 0.15) is 5.82 Å². The van der Waals surface area contributed by atoms with Crippen molar-refractivity contribution >= 4 is 15.9 Å². The highest BCUT2D eigenvalue weighted by Gasteiger charge is 2.17. The van der Waals surface area contributed by atoms with Crippen LogP contribution in [0.4, 0.5) is 4.39 Å². The molecule has 3 nitrogen and oxygen atoms in total. The summed E-state index contributed by atoms with van der Waals surface area (Å²) in [5, 5.41) is 3.73. The van der Waals surface area contributed by atoms with Crippen LogP contribution in [0.1, 0.15) is 31.2 Å². The molecule has 0 saturated heterocycles. The molecule has 0 spiro atoms. The highest BCUT2D eigenvalue weighted by molar-refractivity contribution is 9.10. The van der Waals surface area contributed by atoms with Crippen LogP contribution in [0.25, 0.3) is 11.4 Å². The van der Waals surface area contributed by atoms with Gasteiger partial charge in [-0.3, -0.25) is 0 Å². The van der Waals surface area contributed by atoms with Crippen molar-refractivity contribution in [3.63, 3.8) is 0 Å². The maximum atomic E-state index is 14.0. The summed E-state index contributed by atoms with van der Waals surface area (Å²) in [4.78, 5) is 4.03. The van der Waals surface area contributed by atoms with E-state index in [0.29, 0.717) is 15.9 Å². The lowest BCUT2D eigenvalue weighted by molar-refractivity contribution is 0.394. The van der Waals surface area contributed by atoms with E-state index in [9.17, 15) is 4.39 Å². The molecular weight excluding hydrogens is 287 g/mol. The Bertz CT molecular complexity index is 528. The van der Waals surface area contributed by atoms with Gasteiger partial charge in [-0.05, 0) is 39.5 Å². The minimum Gasteiger partial charge on any atom is -0.339 e. The summed E-state index contributed by atoms with van der Waals surface area (Å²) in [6.07, 6.45) is 0. The molecule has 2 rings (SSSR count). The third-order valence-electron chi connectivity index (χ3n) is 2.48. The van der Waals surface area contributed by atoms with Gasteiger partial charge >= 0.3 is 0 Å². The third-order valence-corrected chi connectivity index (χ3v) is 3.11. The maximum Gasteiger partial charge on any atom is 0.223 e. The van der Waals surface area contributed by atoms with Crippen molar-refractivity contribution in [1.29, 1.82) is 0 Å². The fourth-order valence-corrected chi connectivity index (χ4v) is 2.17. The van der Waals surface area contributed by atoms with Gasteiger partial charge in [0.2, 0.25) is 11.7 Å². The zero-order valence-corrected chi connectivity index (χ0v) is 11.4. The van der Waals surface area contributed by atoms with E-state index in [1.807, 2.05) is 19.9 Å². The topological polar surface area (TPSA) is 38.9 Å². The highest BCUT2D eigenvalue weighted by Crippen LogP contribution is 2.32. The first kappa shape index (κ1) is 12.2. The van der Waals surface area contributed by atoms with Gasteiger partial charge in [-0.2, -0.15) is 4.98 Å². The minimum atomic E-state index is -0.344. The number of hydrogen-bond donors (Lipinski definition) is 0. The molecule has 1 aromatic heterocycles. The fraction of sp³-hybridized carbons (Fsp3) is 0.333. The van der Waals surface area contributed by atoms with Crippen LogP contribution in [0.5, 0.6) is 0 Å². The molecule has 2 aromatic rings. The summed E-state index contributed by atoms with van der Waals surface area (Å²) >= 11 is 3.35. The molecule has 0 amide bonds. The molecule has 90 valence electrons. The maximum absolute atomic E-state index is 14.0. The Morgan fingerprint density at radius 3 is 2.53 bits per heavy atom. The van der Waals surface area contributed by atoms with Crippen molar-refractivity contribution in [1.82, 2.24) is 10.1 Å². The van der Waals surface area contributed by atoms with E-state index in [1.54, 1.807) is 6.92 Å². The Morgan fingerprint density at radius 2 is 2.06 bits per heavy atom. The number of aryl methyl sites for hydroxylation is 1. The molecule has 0 radical (unpaired) electrons. The van der Waals surface area contributed by atoms with E-state index >= 15 is 0 Å². The summed E-state index contributed by atoms with van der Waals surface area (Å²) in [6, 6.07) is 3.39. The van der Waals surface area contributed by atoms with Crippen LogP contribution in [0.3, 0.4) is 0 Å². The Labute approximate surface area is 107 Å². The third kappa shape index (κ3) is 2.39. The van der Waals surface area contributed by atoms with Crippen LogP contribution in [0.15, 0.2) is 21.1 Å². The van der Waals surface area contributed by atoms with Crippen molar-refractivity contribution in [3.05, 3.63) is 33.9 Å². The van der Waals surface area contributed by atoms with Crippen molar-refractivity contribution in [2.45, 2.75) is 26.7 Å². The number of nitrogens with zero attached hydrogens (tertiary/aromatic N) is 2. The quantitative estimate of drug-likeness (QED) is 0.839. The molecule has 0 aliphatic carbocycles. The van der Waals surface area contributed by atoms with Crippen molar-refractivity contribution in [3.8, 4) is 11.4 Å². The number of rotatable bonds is 2. The van der Waals surface area contributed by atoms with E-state index in [0.717, 1.165) is 5.56 Å². The van der Waals surface area contributed by atoms with Crippen LogP contribution in [0.2, 0.25) is 0 Å². The second-order valence-corrected chi connectivity index (χ2v) is 5.01. The van der Waals surface area contributed by atoms with Crippen molar-refractivity contribution in [2.24, 2.45) is 0 Å². The summed E-state index contributed by atoms with van der Waals surface area (Å²) in [5.41, 5.74) is 1.27. The molecule has 0 aliphatic heterocycles. The second kappa shape index (κ2) is 4.56. The molecule has 0 atom stereocenters. The lowest BCUT2D eigenvalue weighted by atomic mass is 10.0. The number of hydrogen-bond acceptors (Lipinski definition) is 3. The highest BCUT2D eigenvalue weighted by atomic mass is 79.9. The molecule has 0 bridgehead atoms. The van der Waals surface area contributed by atoms with Crippen LogP contribution >= 0.6 is 15.9 Å². The Kier molecular flexibility index (Phi) is 3.28. The van der Waals surface area contributed by atoms with Gasteiger partial charge in [-0.15, -0.1) is 0 Å². The molecule has 1 heterocycles. The minimum absolute atomic E-state index is 0.266. The van der Waals surface area contributed by atoms with E-state index in [-0.39, 0.29) is 17.6 Å². The SMILES string of the molecule is Cc1nc(-c2c(F)cc(C(C)C)cc2Br)no1. The Morgan fingerprint density at radius 1 is 1.35 bits per heavy atom. The van der Waals surface area contributed by atoms with Gasteiger partial charge in [0.25, 0.3) is 0 Å². The van der Waals surface area contributed by atoms with Gasteiger partial charge in [0.15, 0.2) is 0 Å². The summed E-state index contributed by atoms with van der Waals surface area (Å²) < 4.78 is 19.5. The van der Waals surface area contributed by atoms with Crippen LogP contribution in [-0.2, 0) is 0 Å². The normalized spacial score (nSPS) is 11.2. The van der Waals surface area contributed by atoms with E-state index in [4.69, 9.17) is 4.52 Å².